The Bertz CT molecular complexity index is 639. The van der Waals surface area contributed by atoms with Gasteiger partial charge in [0.1, 0.15) is 11.6 Å². The van der Waals surface area contributed by atoms with Gasteiger partial charge in [-0.2, -0.15) is 0 Å². The maximum Gasteiger partial charge on any atom is 0.128 e. The number of benzene rings is 2. The normalized spacial score (nSPS) is 17.6. The molecule has 0 spiro atoms. The zero-order valence-electron chi connectivity index (χ0n) is 11.5. The molecule has 1 aliphatic rings. The Labute approximate surface area is 118 Å². The summed E-state index contributed by atoms with van der Waals surface area (Å²) in [5.74, 6) is 0.0929. The predicted molar refractivity (Wildman–Crippen MR) is 78.5 cm³/mol. The van der Waals surface area contributed by atoms with E-state index >= 15 is 0 Å². The topological polar surface area (TPSA) is 32.3 Å². The number of hydrogen-bond donors (Lipinski definition) is 2. The highest BCUT2D eigenvalue weighted by Crippen LogP contribution is 2.35. The lowest BCUT2D eigenvalue weighted by Gasteiger charge is -2.28. The van der Waals surface area contributed by atoms with Crippen molar-refractivity contribution in [1.29, 1.82) is 0 Å². The first-order valence-electron chi connectivity index (χ1n) is 6.98. The van der Waals surface area contributed by atoms with Gasteiger partial charge in [0.2, 0.25) is 0 Å². The minimum absolute atomic E-state index is 0.131. The zero-order valence-corrected chi connectivity index (χ0v) is 11.5. The van der Waals surface area contributed by atoms with Gasteiger partial charge in [0.25, 0.3) is 0 Å². The van der Waals surface area contributed by atoms with Gasteiger partial charge in [0.15, 0.2) is 0 Å². The maximum absolute atomic E-state index is 13.6. The summed E-state index contributed by atoms with van der Waals surface area (Å²) >= 11 is 0. The fourth-order valence-electron chi connectivity index (χ4n) is 2.89. The second-order valence-corrected chi connectivity index (χ2v) is 5.38. The third-order valence-electron chi connectivity index (χ3n) is 4.04. The summed E-state index contributed by atoms with van der Waals surface area (Å²) in [5.41, 5.74) is 3.85. The van der Waals surface area contributed by atoms with Gasteiger partial charge in [0.05, 0.1) is 6.04 Å². The van der Waals surface area contributed by atoms with E-state index in [-0.39, 0.29) is 17.6 Å². The molecule has 0 fully saturated rings. The molecule has 0 heterocycles. The van der Waals surface area contributed by atoms with E-state index in [0.717, 1.165) is 30.5 Å². The van der Waals surface area contributed by atoms with Gasteiger partial charge in [-0.15, -0.1) is 0 Å². The van der Waals surface area contributed by atoms with Crippen molar-refractivity contribution in [2.75, 3.05) is 5.32 Å². The summed E-state index contributed by atoms with van der Waals surface area (Å²) in [6.45, 7) is 1.78. The summed E-state index contributed by atoms with van der Waals surface area (Å²) in [5, 5.41) is 13.1. The average Bonchev–Trinajstić information content (AvgIpc) is 2.44. The van der Waals surface area contributed by atoms with Gasteiger partial charge in [-0.1, -0.05) is 12.1 Å². The second-order valence-electron chi connectivity index (χ2n) is 5.38. The molecule has 2 N–H and O–H groups in total. The Morgan fingerprint density at radius 3 is 2.95 bits per heavy atom. The molecule has 0 bridgehead atoms. The molecule has 0 amide bonds. The van der Waals surface area contributed by atoms with Crippen LogP contribution in [0.2, 0.25) is 0 Å². The molecule has 3 heteroatoms. The first-order chi connectivity index (χ1) is 9.65. The summed E-state index contributed by atoms with van der Waals surface area (Å²) in [6.07, 6.45) is 3.13. The van der Waals surface area contributed by atoms with E-state index in [1.165, 1.54) is 11.6 Å². The van der Waals surface area contributed by atoms with Crippen molar-refractivity contribution in [2.45, 2.75) is 32.2 Å². The van der Waals surface area contributed by atoms with Crippen LogP contribution in [0.25, 0.3) is 0 Å². The highest BCUT2D eigenvalue weighted by atomic mass is 19.1. The molecule has 0 aromatic heterocycles. The Hall–Kier alpha value is -2.03. The lowest BCUT2D eigenvalue weighted by Crippen LogP contribution is -2.18. The molecule has 0 aliphatic heterocycles. The van der Waals surface area contributed by atoms with Crippen LogP contribution in [0.1, 0.15) is 35.6 Å². The Morgan fingerprint density at radius 1 is 1.25 bits per heavy atom. The fraction of sp³-hybridized carbons (Fsp3) is 0.294. The number of phenolic OH excluding ortho intramolecular Hbond substituents is 1. The minimum Gasteiger partial charge on any atom is -0.508 e. The van der Waals surface area contributed by atoms with E-state index in [1.807, 2.05) is 18.2 Å². The van der Waals surface area contributed by atoms with E-state index in [1.54, 1.807) is 19.1 Å². The predicted octanol–water partition coefficient (Wildman–Crippen LogP) is 4.33. The first-order valence-corrected chi connectivity index (χ1v) is 6.98. The SMILES string of the molecule is Cc1c(F)cccc1NC1CCCc2ccc(O)cc21. The average molecular weight is 271 g/mol. The second kappa shape index (κ2) is 5.16. The Kier molecular flexibility index (Phi) is 3.35. The number of hydrogen-bond acceptors (Lipinski definition) is 2. The van der Waals surface area contributed by atoms with Crippen LogP contribution in [-0.2, 0) is 6.42 Å². The van der Waals surface area contributed by atoms with Crippen LogP contribution >= 0.6 is 0 Å². The van der Waals surface area contributed by atoms with Crippen LogP contribution in [0.3, 0.4) is 0 Å². The number of nitrogens with one attached hydrogen (secondary N) is 1. The summed E-state index contributed by atoms with van der Waals surface area (Å²) in [6, 6.07) is 10.8. The highest BCUT2D eigenvalue weighted by molar-refractivity contribution is 5.54. The lowest BCUT2D eigenvalue weighted by atomic mass is 9.87. The van der Waals surface area contributed by atoms with Gasteiger partial charge >= 0.3 is 0 Å². The minimum atomic E-state index is -0.193. The fourth-order valence-corrected chi connectivity index (χ4v) is 2.89. The number of aromatic hydroxyl groups is 1. The van der Waals surface area contributed by atoms with Crippen molar-refractivity contribution < 1.29 is 9.50 Å². The van der Waals surface area contributed by atoms with E-state index in [9.17, 15) is 9.50 Å². The quantitative estimate of drug-likeness (QED) is 0.852. The highest BCUT2D eigenvalue weighted by Gasteiger charge is 2.21. The van der Waals surface area contributed by atoms with E-state index in [2.05, 4.69) is 5.32 Å². The van der Waals surface area contributed by atoms with Gasteiger partial charge in [-0.05, 0) is 61.6 Å². The molecule has 20 heavy (non-hydrogen) atoms. The van der Waals surface area contributed by atoms with Crippen molar-refractivity contribution in [2.24, 2.45) is 0 Å². The smallest absolute Gasteiger partial charge is 0.128 e. The molecule has 104 valence electrons. The molecular formula is C17H18FNO. The monoisotopic (exact) mass is 271 g/mol. The molecule has 0 saturated carbocycles. The van der Waals surface area contributed by atoms with Gasteiger partial charge in [-0.25, -0.2) is 4.39 Å². The number of anilines is 1. The molecule has 0 saturated heterocycles. The van der Waals surface area contributed by atoms with Crippen LogP contribution in [0.4, 0.5) is 10.1 Å². The summed E-state index contributed by atoms with van der Waals surface area (Å²) in [7, 11) is 0. The number of rotatable bonds is 2. The van der Waals surface area contributed by atoms with E-state index < -0.39 is 0 Å². The van der Waals surface area contributed by atoms with E-state index in [0.29, 0.717) is 5.56 Å². The largest absolute Gasteiger partial charge is 0.508 e. The van der Waals surface area contributed by atoms with Crippen molar-refractivity contribution in [3.63, 3.8) is 0 Å². The number of fused-ring (bicyclic) bond motifs is 1. The van der Waals surface area contributed by atoms with Crippen molar-refractivity contribution in [1.82, 2.24) is 0 Å². The summed E-state index contributed by atoms with van der Waals surface area (Å²) < 4.78 is 13.6. The molecule has 2 nitrogen and oxygen atoms in total. The molecular weight excluding hydrogens is 253 g/mol. The number of aryl methyl sites for hydroxylation is 1. The molecule has 1 atom stereocenters. The maximum atomic E-state index is 13.6. The molecule has 2 aromatic rings. The summed E-state index contributed by atoms with van der Waals surface area (Å²) in [4.78, 5) is 0. The van der Waals surface area contributed by atoms with Crippen LogP contribution in [0.5, 0.6) is 5.75 Å². The van der Waals surface area contributed by atoms with Crippen molar-refractivity contribution >= 4 is 5.69 Å². The Balaban J connectivity index is 1.93. The van der Waals surface area contributed by atoms with E-state index in [4.69, 9.17) is 0 Å². The number of phenols is 1. The van der Waals surface area contributed by atoms with Gasteiger partial charge in [0, 0.05) is 11.3 Å². The molecule has 1 aliphatic carbocycles. The van der Waals surface area contributed by atoms with Gasteiger partial charge in [-0.3, -0.25) is 0 Å². The first kappa shape index (κ1) is 13.0. The number of halogens is 1. The van der Waals surface area contributed by atoms with Crippen LogP contribution < -0.4 is 5.32 Å². The third kappa shape index (κ3) is 2.36. The third-order valence-corrected chi connectivity index (χ3v) is 4.04. The van der Waals surface area contributed by atoms with Crippen molar-refractivity contribution in [3.8, 4) is 5.75 Å². The van der Waals surface area contributed by atoms with Crippen LogP contribution in [-0.4, -0.2) is 5.11 Å². The zero-order chi connectivity index (χ0) is 14.1. The Morgan fingerprint density at radius 2 is 2.10 bits per heavy atom. The molecule has 3 rings (SSSR count). The molecule has 1 unspecified atom stereocenters. The molecule has 0 radical (unpaired) electrons. The van der Waals surface area contributed by atoms with Crippen molar-refractivity contribution in [3.05, 3.63) is 58.9 Å². The van der Waals surface area contributed by atoms with Crippen LogP contribution in [0, 0.1) is 12.7 Å². The van der Waals surface area contributed by atoms with Gasteiger partial charge < -0.3 is 10.4 Å². The standard InChI is InChI=1S/C17H18FNO/c1-11-15(18)5-3-6-16(11)19-17-7-2-4-12-8-9-13(20)10-14(12)17/h3,5-6,8-10,17,19-20H,2,4,7H2,1H3. The molecule has 2 aromatic carbocycles. The van der Waals surface area contributed by atoms with Crippen LogP contribution in [0.15, 0.2) is 36.4 Å². The lowest BCUT2D eigenvalue weighted by molar-refractivity contribution is 0.471.